The van der Waals surface area contributed by atoms with Gasteiger partial charge in [0.05, 0.1) is 4.90 Å². The van der Waals surface area contributed by atoms with Crippen molar-refractivity contribution in [1.29, 1.82) is 0 Å². The van der Waals surface area contributed by atoms with Gasteiger partial charge in [-0.2, -0.15) is 4.31 Å². The number of sulfonamides is 1. The molecule has 0 aliphatic carbocycles. The largest absolute Gasteiger partial charge is 0.300 e. The van der Waals surface area contributed by atoms with Crippen LogP contribution in [0.5, 0.6) is 0 Å². The summed E-state index contributed by atoms with van der Waals surface area (Å²) in [6.07, 6.45) is 4.51. The minimum atomic E-state index is -3.34. The Morgan fingerprint density at radius 2 is 1.52 bits per heavy atom. The number of benzene rings is 1. The molecule has 0 amide bonds. The highest BCUT2D eigenvalue weighted by molar-refractivity contribution is 7.89. The fourth-order valence-electron chi connectivity index (χ4n) is 3.73. The maximum atomic E-state index is 12.8. The molecule has 1 aromatic carbocycles. The first-order chi connectivity index (χ1) is 11.0. The van der Waals surface area contributed by atoms with Gasteiger partial charge in [0.1, 0.15) is 0 Å². The van der Waals surface area contributed by atoms with E-state index in [-0.39, 0.29) is 0 Å². The summed E-state index contributed by atoms with van der Waals surface area (Å²) < 4.78 is 27.3. The molecular formula is C18H28N2O2S. The standard InChI is InChI=1S/C18H28N2O2S/c1-15(2)16-5-7-18(8-6-16)23(21,22)20-13-9-17(10-14-20)19-11-3-4-12-19/h5-8,15,17H,3-4,9-14H2,1-2H3. The van der Waals surface area contributed by atoms with Crippen LogP contribution in [0.3, 0.4) is 0 Å². The van der Waals surface area contributed by atoms with Crippen LogP contribution in [0.15, 0.2) is 29.2 Å². The van der Waals surface area contributed by atoms with Gasteiger partial charge in [0.25, 0.3) is 0 Å². The van der Waals surface area contributed by atoms with Crippen LogP contribution in [0, 0.1) is 0 Å². The van der Waals surface area contributed by atoms with E-state index in [9.17, 15) is 8.42 Å². The fourth-order valence-corrected chi connectivity index (χ4v) is 5.20. The summed E-state index contributed by atoms with van der Waals surface area (Å²) in [6, 6.07) is 7.98. The van der Waals surface area contributed by atoms with Gasteiger partial charge >= 0.3 is 0 Å². The molecule has 4 nitrogen and oxygen atoms in total. The molecule has 5 heteroatoms. The molecule has 0 radical (unpaired) electrons. The number of likely N-dealkylation sites (tertiary alicyclic amines) is 1. The molecule has 23 heavy (non-hydrogen) atoms. The Morgan fingerprint density at radius 1 is 0.957 bits per heavy atom. The lowest BCUT2D eigenvalue weighted by molar-refractivity contribution is 0.168. The van der Waals surface area contributed by atoms with Crippen LogP contribution in [0.1, 0.15) is 51.0 Å². The Balaban J connectivity index is 1.66. The maximum Gasteiger partial charge on any atom is 0.243 e. The zero-order chi connectivity index (χ0) is 16.4. The van der Waals surface area contributed by atoms with Crippen molar-refractivity contribution in [2.45, 2.75) is 56.4 Å². The average molecular weight is 337 g/mol. The van der Waals surface area contributed by atoms with Crippen molar-refractivity contribution < 1.29 is 8.42 Å². The van der Waals surface area contributed by atoms with Crippen molar-refractivity contribution in [1.82, 2.24) is 9.21 Å². The minimum absolute atomic E-state index is 0.419. The fraction of sp³-hybridized carbons (Fsp3) is 0.667. The Hall–Kier alpha value is -0.910. The average Bonchev–Trinajstić information content (AvgIpc) is 3.09. The maximum absolute atomic E-state index is 12.8. The molecule has 0 saturated carbocycles. The number of hydrogen-bond acceptors (Lipinski definition) is 3. The molecule has 0 aromatic heterocycles. The molecule has 128 valence electrons. The lowest BCUT2D eigenvalue weighted by Crippen LogP contribution is -2.45. The van der Waals surface area contributed by atoms with E-state index in [0.717, 1.165) is 12.8 Å². The highest BCUT2D eigenvalue weighted by atomic mass is 32.2. The quantitative estimate of drug-likeness (QED) is 0.848. The summed E-state index contributed by atoms with van der Waals surface area (Å²) in [6.45, 7) is 7.91. The number of rotatable bonds is 4. The van der Waals surface area contributed by atoms with E-state index in [1.54, 1.807) is 16.4 Å². The van der Waals surface area contributed by atoms with Gasteiger partial charge in [-0.15, -0.1) is 0 Å². The third-order valence-electron chi connectivity index (χ3n) is 5.27. The van der Waals surface area contributed by atoms with Crippen LogP contribution in [-0.2, 0) is 10.0 Å². The molecule has 2 heterocycles. The topological polar surface area (TPSA) is 40.6 Å². The van der Waals surface area contributed by atoms with Gasteiger partial charge in [0.15, 0.2) is 0 Å². The van der Waals surface area contributed by atoms with E-state index in [4.69, 9.17) is 0 Å². The number of hydrogen-bond donors (Lipinski definition) is 0. The molecule has 0 bridgehead atoms. The van der Waals surface area contributed by atoms with Crippen LogP contribution in [-0.4, -0.2) is 49.8 Å². The molecular weight excluding hydrogens is 308 g/mol. The third kappa shape index (κ3) is 3.62. The normalized spacial score (nSPS) is 22.0. The second-order valence-corrected chi connectivity index (χ2v) is 9.04. The Labute approximate surface area is 140 Å². The minimum Gasteiger partial charge on any atom is -0.300 e. The first kappa shape index (κ1) is 16.9. The van der Waals surface area contributed by atoms with Gasteiger partial charge in [-0.3, -0.25) is 0 Å². The molecule has 0 spiro atoms. The van der Waals surface area contributed by atoms with Crippen molar-refractivity contribution in [3.05, 3.63) is 29.8 Å². The van der Waals surface area contributed by atoms with E-state index in [0.29, 0.717) is 29.9 Å². The van der Waals surface area contributed by atoms with Crippen LogP contribution >= 0.6 is 0 Å². The first-order valence-corrected chi connectivity index (χ1v) is 10.3. The van der Waals surface area contributed by atoms with Gasteiger partial charge in [0, 0.05) is 19.1 Å². The van der Waals surface area contributed by atoms with Crippen LogP contribution in [0.2, 0.25) is 0 Å². The summed E-state index contributed by atoms with van der Waals surface area (Å²) in [7, 11) is -3.34. The summed E-state index contributed by atoms with van der Waals surface area (Å²) in [5.74, 6) is 0.419. The Kier molecular flexibility index (Phi) is 5.09. The molecule has 2 fully saturated rings. The van der Waals surface area contributed by atoms with Crippen molar-refractivity contribution >= 4 is 10.0 Å². The van der Waals surface area contributed by atoms with Crippen molar-refractivity contribution in [3.63, 3.8) is 0 Å². The summed E-state index contributed by atoms with van der Waals surface area (Å²) in [5.41, 5.74) is 1.18. The van der Waals surface area contributed by atoms with Crippen LogP contribution in [0.4, 0.5) is 0 Å². The van der Waals surface area contributed by atoms with E-state index >= 15 is 0 Å². The molecule has 2 saturated heterocycles. The molecule has 0 unspecified atom stereocenters. The predicted octanol–water partition coefficient (Wildman–Crippen LogP) is 3.06. The lowest BCUT2D eigenvalue weighted by atomic mass is 10.0. The monoisotopic (exact) mass is 336 g/mol. The molecule has 2 aliphatic heterocycles. The highest BCUT2D eigenvalue weighted by Gasteiger charge is 2.32. The first-order valence-electron chi connectivity index (χ1n) is 8.82. The molecule has 0 N–H and O–H groups in total. The van der Waals surface area contributed by atoms with Crippen LogP contribution < -0.4 is 0 Å². The van der Waals surface area contributed by atoms with Gasteiger partial charge < -0.3 is 4.90 Å². The Bertz CT molecular complexity index is 611. The van der Waals surface area contributed by atoms with Gasteiger partial charge in [-0.1, -0.05) is 26.0 Å². The summed E-state index contributed by atoms with van der Waals surface area (Å²) in [5, 5.41) is 0. The summed E-state index contributed by atoms with van der Waals surface area (Å²) >= 11 is 0. The SMILES string of the molecule is CC(C)c1ccc(S(=O)(=O)N2CCC(N3CCCC3)CC2)cc1. The van der Waals surface area contributed by atoms with Crippen molar-refractivity contribution in [2.24, 2.45) is 0 Å². The highest BCUT2D eigenvalue weighted by Crippen LogP contribution is 2.26. The van der Waals surface area contributed by atoms with Crippen molar-refractivity contribution in [3.8, 4) is 0 Å². The lowest BCUT2D eigenvalue weighted by Gasteiger charge is -2.36. The Morgan fingerprint density at radius 3 is 2.04 bits per heavy atom. The second kappa shape index (κ2) is 6.91. The zero-order valence-corrected chi connectivity index (χ0v) is 15.1. The molecule has 2 aliphatic rings. The predicted molar refractivity (Wildman–Crippen MR) is 93.1 cm³/mol. The molecule has 0 atom stereocenters. The van der Waals surface area contributed by atoms with Gasteiger partial charge in [-0.25, -0.2) is 8.42 Å². The number of nitrogens with zero attached hydrogens (tertiary/aromatic N) is 2. The van der Waals surface area contributed by atoms with Crippen LogP contribution in [0.25, 0.3) is 0 Å². The van der Waals surface area contributed by atoms with E-state index < -0.39 is 10.0 Å². The number of piperidine rings is 1. The van der Waals surface area contributed by atoms with Gasteiger partial charge in [0.2, 0.25) is 10.0 Å². The zero-order valence-electron chi connectivity index (χ0n) is 14.2. The smallest absolute Gasteiger partial charge is 0.243 e. The van der Waals surface area contributed by atoms with E-state index in [1.807, 2.05) is 12.1 Å². The third-order valence-corrected chi connectivity index (χ3v) is 7.18. The van der Waals surface area contributed by atoms with Crippen molar-refractivity contribution in [2.75, 3.05) is 26.2 Å². The molecule has 3 rings (SSSR count). The second-order valence-electron chi connectivity index (χ2n) is 7.10. The van der Waals surface area contributed by atoms with E-state index in [1.165, 1.54) is 31.5 Å². The van der Waals surface area contributed by atoms with Gasteiger partial charge in [-0.05, 0) is 62.4 Å². The molecule has 1 aromatic rings. The van der Waals surface area contributed by atoms with E-state index in [2.05, 4.69) is 18.7 Å². The summed E-state index contributed by atoms with van der Waals surface area (Å²) in [4.78, 5) is 2.98.